The number of halogens is 1. The lowest BCUT2D eigenvalue weighted by Crippen LogP contribution is -2.48. The molecule has 0 saturated heterocycles. The van der Waals surface area contributed by atoms with Crippen LogP contribution >= 0.6 is 11.6 Å². The van der Waals surface area contributed by atoms with E-state index >= 15 is 0 Å². The Labute approximate surface area is 153 Å². The molecule has 1 atom stereocenters. The fourth-order valence-electron chi connectivity index (χ4n) is 2.52. The second-order valence-corrected chi connectivity index (χ2v) is 8.03. The molecule has 7 heteroatoms. The Hall–Kier alpha value is -2.05. The van der Waals surface area contributed by atoms with Crippen LogP contribution in [0.15, 0.2) is 54.6 Å². The van der Waals surface area contributed by atoms with E-state index in [4.69, 9.17) is 11.6 Å². The third kappa shape index (κ3) is 5.47. The number of hydrogen-bond acceptors (Lipinski definition) is 3. The van der Waals surface area contributed by atoms with Crippen LogP contribution in [0.2, 0.25) is 5.02 Å². The average molecular weight is 381 g/mol. The van der Waals surface area contributed by atoms with Gasteiger partial charge >= 0.3 is 0 Å². The standard InChI is InChI=1S/C18H21ClN2O3S/c1-14(18(22)20-13-12-15-6-4-3-5-7-15)21(25(2,23)24)17-10-8-16(19)9-11-17/h3-11,14H,12-13H2,1-2H3,(H,20,22)/t14-/m1/s1. The van der Waals surface area contributed by atoms with Gasteiger partial charge in [-0.15, -0.1) is 0 Å². The maximum atomic E-state index is 12.4. The van der Waals surface area contributed by atoms with Gasteiger partial charge in [-0.1, -0.05) is 41.9 Å². The third-order valence-electron chi connectivity index (χ3n) is 3.73. The molecule has 0 aliphatic heterocycles. The normalized spacial score (nSPS) is 12.4. The summed E-state index contributed by atoms with van der Waals surface area (Å²) in [5.41, 5.74) is 1.51. The second kappa shape index (κ2) is 8.36. The molecule has 1 amide bonds. The molecule has 0 saturated carbocycles. The molecule has 0 aromatic heterocycles. The van der Waals surface area contributed by atoms with Gasteiger partial charge in [-0.05, 0) is 43.2 Å². The predicted molar refractivity (Wildman–Crippen MR) is 101 cm³/mol. The van der Waals surface area contributed by atoms with Crippen LogP contribution in [0.3, 0.4) is 0 Å². The van der Waals surface area contributed by atoms with E-state index in [9.17, 15) is 13.2 Å². The summed E-state index contributed by atoms with van der Waals surface area (Å²) in [4.78, 5) is 12.4. The van der Waals surface area contributed by atoms with Crippen LogP contribution in [0.1, 0.15) is 12.5 Å². The van der Waals surface area contributed by atoms with Crippen molar-refractivity contribution in [3.63, 3.8) is 0 Å². The zero-order valence-electron chi connectivity index (χ0n) is 14.1. The van der Waals surface area contributed by atoms with E-state index in [1.54, 1.807) is 31.2 Å². The van der Waals surface area contributed by atoms with Gasteiger partial charge < -0.3 is 5.32 Å². The highest BCUT2D eigenvalue weighted by atomic mass is 35.5. The molecule has 0 spiro atoms. The lowest BCUT2D eigenvalue weighted by atomic mass is 10.1. The molecular weight excluding hydrogens is 360 g/mol. The largest absolute Gasteiger partial charge is 0.354 e. The van der Waals surface area contributed by atoms with Crippen molar-refractivity contribution >= 4 is 33.2 Å². The van der Waals surface area contributed by atoms with E-state index < -0.39 is 16.1 Å². The average Bonchev–Trinajstić information content (AvgIpc) is 2.56. The molecule has 1 N–H and O–H groups in total. The summed E-state index contributed by atoms with van der Waals surface area (Å²) in [6.45, 7) is 2.00. The number of amides is 1. The number of anilines is 1. The second-order valence-electron chi connectivity index (χ2n) is 5.74. The van der Waals surface area contributed by atoms with Crippen molar-refractivity contribution in [1.29, 1.82) is 0 Å². The molecule has 0 fully saturated rings. The van der Waals surface area contributed by atoms with Crippen molar-refractivity contribution in [1.82, 2.24) is 5.32 Å². The summed E-state index contributed by atoms with van der Waals surface area (Å²) in [6.07, 6.45) is 1.76. The summed E-state index contributed by atoms with van der Waals surface area (Å²) >= 11 is 5.85. The van der Waals surface area contributed by atoms with Crippen LogP contribution in [0.25, 0.3) is 0 Å². The fourth-order valence-corrected chi connectivity index (χ4v) is 3.82. The van der Waals surface area contributed by atoms with E-state index in [1.807, 2.05) is 30.3 Å². The maximum Gasteiger partial charge on any atom is 0.243 e. The molecule has 5 nitrogen and oxygen atoms in total. The van der Waals surface area contributed by atoms with Gasteiger partial charge in [0.2, 0.25) is 15.9 Å². The molecule has 0 heterocycles. The van der Waals surface area contributed by atoms with Gasteiger partial charge in [0.05, 0.1) is 11.9 Å². The number of carbonyl (C=O) groups excluding carboxylic acids is 1. The first-order valence-corrected chi connectivity index (χ1v) is 10.1. The molecule has 2 aromatic rings. The van der Waals surface area contributed by atoms with Gasteiger partial charge in [0.25, 0.3) is 0 Å². The van der Waals surface area contributed by atoms with E-state index in [0.717, 1.165) is 16.1 Å². The van der Waals surface area contributed by atoms with Gasteiger partial charge in [0.15, 0.2) is 0 Å². The van der Waals surface area contributed by atoms with Crippen molar-refractivity contribution in [3.05, 3.63) is 65.2 Å². The number of hydrogen-bond donors (Lipinski definition) is 1. The first kappa shape index (κ1) is 19.3. The van der Waals surface area contributed by atoms with Crippen molar-refractivity contribution in [3.8, 4) is 0 Å². The van der Waals surface area contributed by atoms with Crippen LogP contribution in [0.5, 0.6) is 0 Å². The van der Waals surface area contributed by atoms with Crippen LogP contribution in [-0.2, 0) is 21.2 Å². The summed E-state index contributed by atoms with van der Waals surface area (Å²) < 4.78 is 25.4. The van der Waals surface area contributed by atoms with Crippen LogP contribution < -0.4 is 9.62 Å². The van der Waals surface area contributed by atoms with Crippen molar-refractivity contribution < 1.29 is 13.2 Å². The zero-order chi connectivity index (χ0) is 18.4. The minimum Gasteiger partial charge on any atom is -0.354 e. The number of carbonyl (C=O) groups is 1. The first-order chi connectivity index (χ1) is 11.8. The number of nitrogens with zero attached hydrogens (tertiary/aromatic N) is 1. The third-order valence-corrected chi connectivity index (χ3v) is 5.22. The van der Waals surface area contributed by atoms with E-state index in [0.29, 0.717) is 23.7 Å². The Kier molecular flexibility index (Phi) is 6.45. The number of nitrogens with one attached hydrogen (secondary N) is 1. The lowest BCUT2D eigenvalue weighted by molar-refractivity contribution is -0.121. The summed E-state index contributed by atoms with van der Waals surface area (Å²) in [5.74, 6) is -0.351. The number of sulfonamides is 1. The van der Waals surface area contributed by atoms with Crippen LogP contribution in [0, 0.1) is 0 Å². The molecule has 0 unspecified atom stereocenters. The minimum atomic E-state index is -3.62. The highest BCUT2D eigenvalue weighted by molar-refractivity contribution is 7.92. The van der Waals surface area contributed by atoms with E-state index in [2.05, 4.69) is 5.32 Å². The quantitative estimate of drug-likeness (QED) is 0.803. The van der Waals surface area contributed by atoms with Gasteiger partial charge in [0, 0.05) is 11.6 Å². The smallest absolute Gasteiger partial charge is 0.243 e. The molecule has 0 bridgehead atoms. The lowest BCUT2D eigenvalue weighted by Gasteiger charge is -2.28. The highest BCUT2D eigenvalue weighted by Gasteiger charge is 2.28. The number of benzene rings is 2. The van der Waals surface area contributed by atoms with E-state index in [-0.39, 0.29) is 5.91 Å². The SMILES string of the molecule is C[C@H](C(=O)NCCc1ccccc1)N(c1ccc(Cl)cc1)S(C)(=O)=O. The zero-order valence-corrected chi connectivity index (χ0v) is 15.7. The van der Waals surface area contributed by atoms with Gasteiger partial charge in [-0.3, -0.25) is 9.10 Å². The van der Waals surface area contributed by atoms with Crippen molar-refractivity contribution in [2.45, 2.75) is 19.4 Å². The van der Waals surface area contributed by atoms with Crippen LogP contribution in [0.4, 0.5) is 5.69 Å². The minimum absolute atomic E-state index is 0.351. The Bertz CT molecular complexity index is 808. The Morgan fingerprint density at radius 2 is 1.72 bits per heavy atom. The molecular formula is C18H21ClN2O3S. The number of rotatable bonds is 7. The van der Waals surface area contributed by atoms with Crippen LogP contribution in [-0.4, -0.2) is 33.2 Å². The Morgan fingerprint density at radius 1 is 1.12 bits per heavy atom. The Morgan fingerprint density at radius 3 is 2.28 bits per heavy atom. The first-order valence-electron chi connectivity index (χ1n) is 7.85. The summed E-state index contributed by atoms with van der Waals surface area (Å²) in [5, 5.41) is 3.29. The predicted octanol–water partition coefficient (Wildman–Crippen LogP) is 2.85. The van der Waals surface area contributed by atoms with E-state index in [1.165, 1.54) is 0 Å². The summed E-state index contributed by atoms with van der Waals surface area (Å²) in [6, 6.07) is 15.2. The molecule has 0 aliphatic rings. The molecule has 0 radical (unpaired) electrons. The molecule has 2 aromatic carbocycles. The molecule has 0 aliphatic carbocycles. The maximum absolute atomic E-state index is 12.4. The van der Waals surface area contributed by atoms with Crippen molar-refractivity contribution in [2.24, 2.45) is 0 Å². The molecule has 2 rings (SSSR count). The fraction of sp³-hybridized carbons (Fsp3) is 0.278. The van der Waals surface area contributed by atoms with Gasteiger partial charge in [-0.2, -0.15) is 0 Å². The molecule has 25 heavy (non-hydrogen) atoms. The monoisotopic (exact) mass is 380 g/mol. The van der Waals surface area contributed by atoms with Gasteiger partial charge in [-0.25, -0.2) is 8.42 Å². The van der Waals surface area contributed by atoms with Gasteiger partial charge in [0.1, 0.15) is 6.04 Å². The summed E-state index contributed by atoms with van der Waals surface area (Å²) in [7, 11) is -3.62. The van der Waals surface area contributed by atoms with Crippen molar-refractivity contribution in [2.75, 3.05) is 17.1 Å². The topological polar surface area (TPSA) is 66.5 Å². The Balaban J connectivity index is 2.06. The highest BCUT2D eigenvalue weighted by Crippen LogP contribution is 2.22. The molecule has 134 valence electrons.